The zero-order chi connectivity index (χ0) is 19.6. The van der Waals surface area contributed by atoms with Gasteiger partial charge in [0.25, 0.3) is 11.8 Å². The van der Waals surface area contributed by atoms with E-state index in [1.165, 1.54) is 42.5 Å². The summed E-state index contributed by atoms with van der Waals surface area (Å²) in [6, 6.07) is 10.9. The Balaban J connectivity index is 1.63. The van der Waals surface area contributed by atoms with Gasteiger partial charge in [0.15, 0.2) is 0 Å². The van der Waals surface area contributed by atoms with Gasteiger partial charge in [-0.25, -0.2) is 17.9 Å². The van der Waals surface area contributed by atoms with E-state index in [9.17, 15) is 22.4 Å². The predicted octanol–water partition coefficient (Wildman–Crippen LogP) is 1.07. The molecule has 2 amide bonds. The fourth-order valence-corrected chi connectivity index (χ4v) is 3.40. The van der Waals surface area contributed by atoms with E-state index in [1.54, 1.807) is 15.9 Å². The Morgan fingerprint density at radius 1 is 0.852 bits per heavy atom. The zero-order valence-electron chi connectivity index (χ0n) is 14.3. The number of hydrogen-bond acceptors (Lipinski definition) is 4. The topological polar surface area (TPSA) is 101 Å². The lowest BCUT2D eigenvalue weighted by molar-refractivity contribution is 0.0535. The lowest BCUT2D eigenvalue weighted by Gasteiger charge is -2.35. The number of rotatable bonds is 3. The molecule has 142 valence electrons. The molecule has 9 heteroatoms. The molecule has 0 spiro atoms. The molecular weight excluding hydrogens is 373 g/mol. The molecular formula is C18H18FN3O4S. The van der Waals surface area contributed by atoms with E-state index >= 15 is 0 Å². The molecule has 1 aliphatic heterocycles. The summed E-state index contributed by atoms with van der Waals surface area (Å²) in [6.45, 7) is 1.32. The molecule has 2 aromatic carbocycles. The molecule has 0 atom stereocenters. The number of nitrogens with two attached hydrogens (primary N) is 1. The van der Waals surface area contributed by atoms with Crippen LogP contribution >= 0.6 is 0 Å². The van der Waals surface area contributed by atoms with Gasteiger partial charge in [0, 0.05) is 37.3 Å². The molecule has 0 aliphatic carbocycles. The van der Waals surface area contributed by atoms with Crippen LogP contribution in [0.25, 0.3) is 0 Å². The van der Waals surface area contributed by atoms with Crippen molar-refractivity contribution in [2.75, 3.05) is 26.2 Å². The van der Waals surface area contributed by atoms with Gasteiger partial charge in [0.1, 0.15) is 5.82 Å². The van der Waals surface area contributed by atoms with Crippen molar-refractivity contribution < 1.29 is 22.4 Å². The molecule has 3 rings (SSSR count). The van der Waals surface area contributed by atoms with Gasteiger partial charge in [-0.1, -0.05) is 6.07 Å². The Labute approximate surface area is 156 Å². The zero-order valence-corrected chi connectivity index (χ0v) is 15.2. The molecule has 27 heavy (non-hydrogen) atoms. The molecule has 1 aliphatic rings. The minimum absolute atomic E-state index is 0.0652. The Hall–Kier alpha value is -2.78. The van der Waals surface area contributed by atoms with E-state index in [2.05, 4.69) is 0 Å². The second-order valence-electron chi connectivity index (χ2n) is 6.16. The molecule has 2 aromatic rings. The van der Waals surface area contributed by atoms with Crippen molar-refractivity contribution in [1.82, 2.24) is 9.80 Å². The molecule has 0 aromatic heterocycles. The molecule has 0 saturated carbocycles. The first-order chi connectivity index (χ1) is 12.8. The van der Waals surface area contributed by atoms with Crippen molar-refractivity contribution in [2.45, 2.75) is 4.90 Å². The number of nitrogens with zero attached hydrogens (tertiary/aromatic N) is 2. The summed E-state index contributed by atoms with van der Waals surface area (Å²) in [7, 11) is -3.81. The monoisotopic (exact) mass is 391 g/mol. The molecule has 0 unspecified atom stereocenters. The van der Waals surface area contributed by atoms with Crippen LogP contribution in [0, 0.1) is 5.82 Å². The average molecular weight is 391 g/mol. The van der Waals surface area contributed by atoms with E-state index in [0.717, 1.165) is 0 Å². The number of hydrogen-bond donors (Lipinski definition) is 1. The number of sulfonamides is 1. The normalized spacial score (nSPS) is 14.9. The van der Waals surface area contributed by atoms with E-state index in [1.807, 2.05) is 0 Å². The highest BCUT2D eigenvalue weighted by Gasteiger charge is 2.25. The van der Waals surface area contributed by atoms with Crippen LogP contribution in [0.4, 0.5) is 4.39 Å². The van der Waals surface area contributed by atoms with Gasteiger partial charge in [0.05, 0.1) is 4.90 Å². The highest BCUT2D eigenvalue weighted by Crippen LogP contribution is 2.14. The Bertz CT molecular complexity index is 968. The quantitative estimate of drug-likeness (QED) is 0.846. The van der Waals surface area contributed by atoms with Crippen molar-refractivity contribution in [3.63, 3.8) is 0 Å². The van der Waals surface area contributed by atoms with Crippen LogP contribution in [0.5, 0.6) is 0 Å². The van der Waals surface area contributed by atoms with Gasteiger partial charge in [-0.3, -0.25) is 9.59 Å². The van der Waals surface area contributed by atoms with Gasteiger partial charge in [0.2, 0.25) is 10.0 Å². The summed E-state index contributed by atoms with van der Waals surface area (Å²) < 4.78 is 35.8. The third kappa shape index (κ3) is 4.32. The van der Waals surface area contributed by atoms with Crippen LogP contribution in [-0.4, -0.2) is 56.2 Å². The lowest BCUT2D eigenvalue weighted by atomic mass is 10.1. The van der Waals surface area contributed by atoms with Crippen LogP contribution in [0.2, 0.25) is 0 Å². The number of carbonyl (C=O) groups excluding carboxylic acids is 2. The van der Waals surface area contributed by atoms with Gasteiger partial charge in [-0.2, -0.15) is 0 Å². The summed E-state index contributed by atoms with van der Waals surface area (Å²) in [6.07, 6.45) is 0. The van der Waals surface area contributed by atoms with Crippen LogP contribution in [-0.2, 0) is 10.0 Å². The average Bonchev–Trinajstić information content (AvgIpc) is 2.66. The van der Waals surface area contributed by atoms with Crippen molar-refractivity contribution in [2.24, 2.45) is 5.14 Å². The molecule has 0 radical (unpaired) electrons. The fourth-order valence-electron chi connectivity index (χ4n) is 2.89. The van der Waals surface area contributed by atoms with Crippen molar-refractivity contribution in [3.8, 4) is 0 Å². The Morgan fingerprint density at radius 3 is 1.85 bits per heavy atom. The number of amides is 2. The third-order valence-corrected chi connectivity index (χ3v) is 5.28. The first-order valence-corrected chi connectivity index (χ1v) is 9.77. The maximum Gasteiger partial charge on any atom is 0.254 e. The fraction of sp³-hybridized carbons (Fsp3) is 0.222. The van der Waals surface area contributed by atoms with E-state index < -0.39 is 15.8 Å². The van der Waals surface area contributed by atoms with E-state index in [0.29, 0.717) is 31.7 Å². The molecule has 0 bridgehead atoms. The summed E-state index contributed by atoms with van der Waals surface area (Å²) in [5.41, 5.74) is 0.612. The SMILES string of the molecule is NS(=O)(=O)c1ccc(C(=O)N2CCN(C(=O)c3cccc(F)c3)CC2)cc1. The number of piperazine rings is 1. The van der Waals surface area contributed by atoms with Crippen LogP contribution < -0.4 is 5.14 Å². The number of carbonyl (C=O) groups is 2. The Kier molecular flexibility index (Phi) is 5.24. The highest BCUT2D eigenvalue weighted by atomic mass is 32.2. The summed E-state index contributed by atoms with van der Waals surface area (Å²) in [5.74, 6) is -1.01. The predicted molar refractivity (Wildman–Crippen MR) is 96.0 cm³/mol. The van der Waals surface area contributed by atoms with Gasteiger partial charge in [-0.15, -0.1) is 0 Å². The summed E-state index contributed by atoms with van der Waals surface area (Å²) >= 11 is 0. The molecule has 1 fully saturated rings. The smallest absolute Gasteiger partial charge is 0.254 e. The van der Waals surface area contributed by atoms with Gasteiger partial charge in [-0.05, 0) is 42.5 Å². The third-order valence-electron chi connectivity index (χ3n) is 4.36. The largest absolute Gasteiger partial charge is 0.335 e. The summed E-state index contributed by atoms with van der Waals surface area (Å²) in [4.78, 5) is 28.1. The molecule has 1 heterocycles. The van der Waals surface area contributed by atoms with Crippen molar-refractivity contribution in [3.05, 3.63) is 65.5 Å². The minimum Gasteiger partial charge on any atom is -0.335 e. The maximum atomic E-state index is 13.3. The van der Waals surface area contributed by atoms with E-state index in [-0.39, 0.29) is 22.3 Å². The van der Waals surface area contributed by atoms with Crippen molar-refractivity contribution >= 4 is 21.8 Å². The lowest BCUT2D eigenvalue weighted by Crippen LogP contribution is -2.50. The second kappa shape index (κ2) is 7.45. The van der Waals surface area contributed by atoms with Crippen LogP contribution in [0.1, 0.15) is 20.7 Å². The summed E-state index contributed by atoms with van der Waals surface area (Å²) in [5, 5.41) is 5.04. The number of halogens is 1. The number of primary sulfonamides is 1. The molecule has 7 nitrogen and oxygen atoms in total. The van der Waals surface area contributed by atoms with Crippen LogP contribution in [0.15, 0.2) is 53.4 Å². The molecule has 2 N–H and O–H groups in total. The number of benzene rings is 2. The van der Waals surface area contributed by atoms with Gasteiger partial charge < -0.3 is 9.80 Å². The van der Waals surface area contributed by atoms with Crippen LogP contribution in [0.3, 0.4) is 0 Å². The minimum atomic E-state index is -3.81. The first-order valence-electron chi connectivity index (χ1n) is 8.23. The van der Waals surface area contributed by atoms with E-state index in [4.69, 9.17) is 5.14 Å². The molecule has 1 saturated heterocycles. The second-order valence-corrected chi connectivity index (χ2v) is 7.73. The standard InChI is InChI=1S/C18H18FN3O4S/c19-15-3-1-2-14(12-15)18(24)22-10-8-21(9-11-22)17(23)13-4-6-16(7-5-13)27(20,25)26/h1-7,12H,8-11H2,(H2,20,25,26). The first kappa shape index (κ1) is 19.0. The van der Waals surface area contributed by atoms with Crippen molar-refractivity contribution in [1.29, 1.82) is 0 Å². The van der Waals surface area contributed by atoms with Gasteiger partial charge >= 0.3 is 0 Å². The Morgan fingerprint density at radius 2 is 1.37 bits per heavy atom. The highest BCUT2D eigenvalue weighted by molar-refractivity contribution is 7.89. The maximum absolute atomic E-state index is 13.3.